The number of fused-ring (bicyclic) bond motifs is 4. The van der Waals surface area contributed by atoms with E-state index in [2.05, 4.69) is 4.74 Å². The van der Waals surface area contributed by atoms with Gasteiger partial charge in [-0.25, -0.2) is 4.39 Å². The van der Waals surface area contributed by atoms with Crippen molar-refractivity contribution in [3.8, 4) is 28.7 Å². The molecule has 0 bridgehead atoms. The average molecular weight is 490 g/mol. The lowest BCUT2D eigenvalue weighted by Crippen LogP contribution is -2.17. The minimum Gasteiger partial charge on any atom is -0.582 e. The lowest BCUT2D eigenvalue weighted by molar-refractivity contribution is -0.142. The van der Waals surface area contributed by atoms with Crippen molar-refractivity contribution in [2.75, 3.05) is 20.3 Å². The molecule has 4 aliphatic rings. The third kappa shape index (κ3) is 3.25. The molecular formula is C29H26FO6+. The standard InChI is InChI=1S/C29H25FO6/c1-32-28(31)21-14-29(21)15-34-26-13-18(2-5-20(26)29)36-25-8-4-19-24(9-6-22(30)27(19)25)35-17-3-7-23-16(12-17)10-11-33-23/h2-3,5-7,9,12-13,21,25H,4,8,10-11,14-15H2,1H3/p+1/t21?,25-,29+/m1/s1. The molecule has 2 aliphatic carbocycles. The van der Waals surface area contributed by atoms with Crippen LogP contribution in [0.5, 0.6) is 28.7 Å². The van der Waals surface area contributed by atoms with Gasteiger partial charge in [0.05, 0.1) is 36.7 Å². The molecule has 3 atom stereocenters. The molecule has 2 aliphatic heterocycles. The van der Waals surface area contributed by atoms with Crippen LogP contribution in [0.2, 0.25) is 0 Å². The van der Waals surface area contributed by atoms with Crippen LogP contribution >= 0.6 is 0 Å². The zero-order valence-corrected chi connectivity index (χ0v) is 19.9. The number of halogens is 1. The summed E-state index contributed by atoms with van der Waals surface area (Å²) in [6, 6.07) is 14.7. The Morgan fingerprint density at radius 3 is 2.89 bits per heavy atom. The molecule has 1 fully saturated rings. The van der Waals surface area contributed by atoms with Gasteiger partial charge in [0.2, 0.25) is 0 Å². The second-order valence-corrected chi connectivity index (χ2v) is 9.98. The Balaban J connectivity index is 1.12. The summed E-state index contributed by atoms with van der Waals surface area (Å²) in [5.74, 6) is 3.17. The first kappa shape index (κ1) is 21.5. The largest absolute Gasteiger partial charge is 0.582 e. The second kappa shape index (κ2) is 7.88. The molecule has 1 unspecified atom stereocenters. The number of methoxy groups -OCH3 is 1. The molecule has 184 valence electrons. The number of carbonyl (C=O) groups is 1. The van der Waals surface area contributed by atoms with Crippen LogP contribution in [0, 0.1) is 11.7 Å². The highest BCUT2D eigenvalue weighted by molar-refractivity contribution is 5.80. The fourth-order valence-corrected chi connectivity index (χ4v) is 6.05. The van der Waals surface area contributed by atoms with Crippen LogP contribution in [0.1, 0.15) is 41.2 Å². The molecule has 3 aromatic rings. The third-order valence-electron chi connectivity index (χ3n) is 8.00. The van der Waals surface area contributed by atoms with Gasteiger partial charge in [0.25, 0.3) is 5.75 Å². The number of rotatable bonds is 5. The summed E-state index contributed by atoms with van der Waals surface area (Å²) >= 11 is 0. The van der Waals surface area contributed by atoms with E-state index in [1.54, 1.807) is 6.07 Å². The first-order chi connectivity index (χ1) is 17.6. The van der Waals surface area contributed by atoms with Crippen LogP contribution in [0.4, 0.5) is 4.39 Å². The van der Waals surface area contributed by atoms with Crippen LogP contribution in [-0.2, 0) is 27.8 Å². The van der Waals surface area contributed by atoms with Gasteiger partial charge in [-0.2, -0.15) is 0 Å². The summed E-state index contributed by atoms with van der Waals surface area (Å²) in [4.78, 5) is 12.0. The molecule has 2 heterocycles. The molecule has 0 saturated heterocycles. The number of ether oxygens (including phenoxy) is 5. The summed E-state index contributed by atoms with van der Waals surface area (Å²) in [6.45, 7) is 1.27. The number of aromatic hydroxyl groups is 1. The Kier molecular flexibility index (Phi) is 4.72. The molecular weight excluding hydrogens is 463 g/mol. The van der Waals surface area contributed by atoms with Gasteiger partial charge in [-0.3, -0.25) is 4.79 Å². The van der Waals surface area contributed by atoms with Gasteiger partial charge in [0.15, 0.2) is 6.61 Å². The van der Waals surface area contributed by atoms with Crippen molar-refractivity contribution >= 4 is 5.97 Å². The molecule has 7 rings (SSSR count). The van der Waals surface area contributed by atoms with Gasteiger partial charge in [0.1, 0.15) is 34.9 Å². The molecule has 1 saturated carbocycles. The quantitative estimate of drug-likeness (QED) is 0.359. The lowest BCUT2D eigenvalue weighted by atomic mass is 9.95. The van der Waals surface area contributed by atoms with Crippen molar-refractivity contribution in [3.63, 3.8) is 0 Å². The molecule has 0 aromatic heterocycles. The first-order valence-corrected chi connectivity index (χ1v) is 12.4. The van der Waals surface area contributed by atoms with Crippen LogP contribution in [0.25, 0.3) is 0 Å². The number of carbonyl (C=O) groups excluding carboxylic acids is 1. The molecule has 1 N–H and O–H groups in total. The lowest BCUT2D eigenvalue weighted by Gasteiger charge is -2.17. The minimum atomic E-state index is -0.408. The Labute approximate surface area is 207 Å². The molecule has 1 spiro atoms. The van der Waals surface area contributed by atoms with Gasteiger partial charge in [-0.1, -0.05) is 0 Å². The predicted octanol–water partition coefficient (Wildman–Crippen LogP) is 5.30. The zero-order valence-electron chi connectivity index (χ0n) is 19.9. The van der Waals surface area contributed by atoms with E-state index in [1.807, 2.05) is 36.4 Å². The predicted molar refractivity (Wildman–Crippen MR) is 129 cm³/mol. The molecule has 36 heavy (non-hydrogen) atoms. The van der Waals surface area contributed by atoms with Crippen molar-refractivity contribution in [3.05, 3.63) is 76.6 Å². The number of benzene rings is 3. The highest BCUT2D eigenvalue weighted by Gasteiger charge is 2.67. The minimum absolute atomic E-state index is 0.133. The van der Waals surface area contributed by atoms with Crippen LogP contribution in [0.3, 0.4) is 0 Å². The Morgan fingerprint density at radius 2 is 2.00 bits per heavy atom. The molecule has 7 heteroatoms. The number of aliphatic hydroxyl groups is 1. The summed E-state index contributed by atoms with van der Waals surface area (Å²) in [6.07, 6.45) is 2.54. The fraction of sp³-hybridized carbons (Fsp3) is 0.345. The van der Waals surface area contributed by atoms with Crippen molar-refractivity contribution in [1.29, 1.82) is 0 Å². The highest BCUT2D eigenvalue weighted by atomic mass is 19.1. The van der Waals surface area contributed by atoms with Crippen LogP contribution < -0.4 is 14.2 Å². The van der Waals surface area contributed by atoms with Crippen LogP contribution in [0.15, 0.2) is 48.5 Å². The van der Waals surface area contributed by atoms with Gasteiger partial charge in [0, 0.05) is 23.1 Å². The van der Waals surface area contributed by atoms with Gasteiger partial charge >= 0.3 is 5.97 Å². The summed E-state index contributed by atoms with van der Waals surface area (Å²) < 4.78 is 42.7. The Bertz CT molecular complexity index is 1400. The summed E-state index contributed by atoms with van der Waals surface area (Å²) in [7, 11) is 1.42. The van der Waals surface area contributed by atoms with Gasteiger partial charge in [-0.05, 0) is 61.7 Å². The average Bonchev–Trinajstić information content (AvgIpc) is 3.19. The van der Waals surface area contributed by atoms with E-state index in [4.69, 9.17) is 18.9 Å². The first-order valence-electron chi connectivity index (χ1n) is 12.4. The van der Waals surface area contributed by atoms with E-state index < -0.39 is 6.10 Å². The SMILES string of the molecule is COC(=O)C1C[C@@]12C[OH+]c1cc(O[C@@H]3CCc4c(Oc5ccc6c(c5)CCO6)ccc(F)c43)ccc12. The van der Waals surface area contributed by atoms with Gasteiger partial charge < -0.3 is 23.7 Å². The number of hydrogen-bond acceptors (Lipinski definition) is 5. The van der Waals surface area contributed by atoms with Crippen molar-refractivity contribution in [2.45, 2.75) is 37.2 Å². The van der Waals surface area contributed by atoms with Crippen molar-refractivity contribution < 1.29 is 32.9 Å². The van der Waals surface area contributed by atoms with E-state index in [1.165, 1.54) is 13.2 Å². The van der Waals surface area contributed by atoms with Gasteiger partial charge in [-0.15, -0.1) is 0 Å². The highest BCUT2D eigenvalue weighted by Crippen LogP contribution is 2.61. The summed E-state index contributed by atoms with van der Waals surface area (Å²) in [5.41, 5.74) is 3.36. The number of esters is 1. The molecule has 3 aromatic carbocycles. The van der Waals surface area contributed by atoms with E-state index in [0.29, 0.717) is 43.1 Å². The van der Waals surface area contributed by atoms with E-state index in [-0.39, 0.29) is 23.1 Å². The van der Waals surface area contributed by atoms with Crippen LogP contribution in [-0.4, -0.2) is 31.0 Å². The topological polar surface area (TPSA) is 66.8 Å². The monoisotopic (exact) mass is 489 g/mol. The maximum Gasteiger partial charge on any atom is 0.309 e. The Morgan fingerprint density at radius 1 is 1.11 bits per heavy atom. The molecule has 6 nitrogen and oxygen atoms in total. The third-order valence-corrected chi connectivity index (χ3v) is 8.00. The van der Waals surface area contributed by atoms with E-state index in [0.717, 1.165) is 46.8 Å². The molecule has 0 radical (unpaired) electrons. The smallest absolute Gasteiger partial charge is 0.309 e. The van der Waals surface area contributed by atoms with Crippen molar-refractivity contribution in [1.82, 2.24) is 0 Å². The maximum absolute atomic E-state index is 15.0. The van der Waals surface area contributed by atoms with E-state index in [9.17, 15) is 4.79 Å². The summed E-state index contributed by atoms with van der Waals surface area (Å²) in [5, 5.41) is 0. The number of hydrogen-bond donors (Lipinski definition) is 0. The second-order valence-electron chi connectivity index (χ2n) is 9.98. The zero-order chi connectivity index (χ0) is 24.4. The maximum atomic E-state index is 15.0. The molecule has 0 amide bonds. The Hall–Kier alpha value is -3.74. The van der Waals surface area contributed by atoms with E-state index >= 15 is 4.39 Å². The fourth-order valence-electron chi connectivity index (χ4n) is 6.05. The van der Waals surface area contributed by atoms with Crippen molar-refractivity contribution in [2.24, 2.45) is 5.92 Å². The normalized spacial score (nSPS) is 24.4.